The number of benzene rings is 1. The van der Waals surface area contributed by atoms with Crippen LogP contribution in [0.25, 0.3) is 16.8 Å². The van der Waals surface area contributed by atoms with Crippen LogP contribution in [0, 0.1) is 5.92 Å². The van der Waals surface area contributed by atoms with Crippen molar-refractivity contribution < 1.29 is 14.6 Å². The van der Waals surface area contributed by atoms with E-state index in [1.54, 1.807) is 12.1 Å². The van der Waals surface area contributed by atoms with Crippen LogP contribution in [0.5, 0.6) is 0 Å². The van der Waals surface area contributed by atoms with Gasteiger partial charge in [-0.15, -0.1) is 0 Å². The van der Waals surface area contributed by atoms with Crippen molar-refractivity contribution in [3.05, 3.63) is 58.8 Å². The second kappa shape index (κ2) is 6.95. The largest absolute Gasteiger partial charge is 0.483 e. The number of fused-ring (bicyclic) bond motifs is 2. The highest BCUT2D eigenvalue weighted by Crippen LogP contribution is 2.38. The topological polar surface area (TPSA) is 75.6 Å². The van der Waals surface area contributed by atoms with Gasteiger partial charge in [0.25, 0.3) is 0 Å². The smallest absolute Gasteiger partial charge is 0.335 e. The number of anilines is 1. The molecule has 1 aromatic carbocycles. The monoisotopic (exact) mass is 397 g/mol. The molecular formula is C21H20ClN3O3. The minimum atomic E-state index is -0.993. The number of aromatic nitrogens is 2. The molecule has 28 heavy (non-hydrogen) atoms. The first-order chi connectivity index (χ1) is 13.3. The number of hydrogen-bond donors (Lipinski definition) is 1. The number of allylic oxidation sites excluding steroid dienone is 2. The third kappa shape index (κ3) is 3.24. The SMILES string of the molecule is CC(C)N(C)c1nc2cc(C(=O)O)ccc2nc1C1=CC2C=CC(Cl)=CC2O1. The normalized spacial score (nSPS) is 20.6. The highest BCUT2D eigenvalue weighted by atomic mass is 35.5. The molecule has 0 radical (unpaired) electrons. The van der Waals surface area contributed by atoms with Crippen LogP contribution in [-0.2, 0) is 4.74 Å². The fraction of sp³-hybridized carbons (Fsp3) is 0.286. The molecule has 1 aliphatic carbocycles. The maximum absolute atomic E-state index is 11.3. The van der Waals surface area contributed by atoms with Crippen molar-refractivity contribution in [2.45, 2.75) is 26.0 Å². The van der Waals surface area contributed by atoms with Crippen LogP contribution in [0.3, 0.4) is 0 Å². The van der Waals surface area contributed by atoms with Gasteiger partial charge in [0.05, 0.1) is 16.6 Å². The Balaban J connectivity index is 1.85. The van der Waals surface area contributed by atoms with Crippen molar-refractivity contribution in [1.29, 1.82) is 0 Å². The number of hydrogen-bond acceptors (Lipinski definition) is 5. The molecule has 7 heteroatoms. The van der Waals surface area contributed by atoms with E-state index >= 15 is 0 Å². The Kier molecular flexibility index (Phi) is 4.59. The van der Waals surface area contributed by atoms with E-state index in [0.717, 1.165) is 0 Å². The fourth-order valence-corrected chi connectivity index (χ4v) is 3.43. The van der Waals surface area contributed by atoms with Gasteiger partial charge in [-0.2, -0.15) is 0 Å². The summed E-state index contributed by atoms with van der Waals surface area (Å²) in [6, 6.07) is 4.92. The molecule has 0 saturated carbocycles. The van der Waals surface area contributed by atoms with Gasteiger partial charge in [0.15, 0.2) is 5.82 Å². The van der Waals surface area contributed by atoms with E-state index in [1.807, 2.05) is 36.3 Å². The maximum Gasteiger partial charge on any atom is 0.335 e. The number of nitrogens with zero attached hydrogens (tertiary/aromatic N) is 3. The van der Waals surface area contributed by atoms with Crippen molar-refractivity contribution in [3.63, 3.8) is 0 Å². The van der Waals surface area contributed by atoms with Crippen LogP contribution >= 0.6 is 11.6 Å². The molecule has 2 heterocycles. The Labute approximate surface area is 167 Å². The lowest BCUT2D eigenvalue weighted by atomic mass is 9.99. The van der Waals surface area contributed by atoms with Crippen LogP contribution in [-0.4, -0.2) is 40.2 Å². The number of halogens is 1. The van der Waals surface area contributed by atoms with Gasteiger partial charge in [-0.05, 0) is 50.3 Å². The van der Waals surface area contributed by atoms with E-state index in [4.69, 9.17) is 26.3 Å². The summed E-state index contributed by atoms with van der Waals surface area (Å²) >= 11 is 6.11. The summed E-state index contributed by atoms with van der Waals surface area (Å²) in [5.41, 5.74) is 1.97. The molecule has 0 saturated heterocycles. The zero-order valence-electron chi connectivity index (χ0n) is 15.8. The minimum absolute atomic E-state index is 0.0987. The fourth-order valence-electron chi connectivity index (χ4n) is 3.23. The number of rotatable bonds is 4. The first-order valence-corrected chi connectivity index (χ1v) is 9.43. The van der Waals surface area contributed by atoms with E-state index in [0.29, 0.717) is 33.3 Å². The van der Waals surface area contributed by atoms with Gasteiger partial charge < -0.3 is 14.7 Å². The first-order valence-electron chi connectivity index (χ1n) is 9.06. The molecule has 0 spiro atoms. The standard InChI is InChI=1S/C21H20ClN3O3/c1-11(2)25(3)20-19(18-9-12-4-6-14(22)10-17(12)28-18)23-15-7-5-13(21(26)27)8-16(15)24-20/h4-12,17H,1-3H3,(H,26,27). The molecule has 0 amide bonds. The van der Waals surface area contributed by atoms with E-state index in [1.165, 1.54) is 6.07 Å². The minimum Gasteiger partial charge on any atom is -0.483 e. The second-order valence-electron chi connectivity index (χ2n) is 7.21. The summed E-state index contributed by atoms with van der Waals surface area (Å²) in [6.45, 7) is 4.11. The lowest BCUT2D eigenvalue weighted by Gasteiger charge is -2.25. The molecule has 0 bridgehead atoms. The molecule has 2 aromatic rings. The Bertz CT molecular complexity index is 1060. The van der Waals surface area contributed by atoms with E-state index < -0.39 is 5.97 Å². The summed E-state index contributed by atoms with van der Waals surface area (Å²) in [6.07, 6.45) is 7.64. The summed E-state index contributed by atoms with van der Waals surface area (Å²) in [7, 11) is 1.93. The Morgan fingerprint density at radius 3 is 2.75 bits per heavy atom. The highest BCUT2D eigenvalue weighted by molar-refractivity contribution is 6.31. The van der Waals surface area contributed by atoms with Crippen molar-refractivity contribution >= 4 is 40.2 Å². The van der Waals surface area contributed by atoms with Gasteiger partial charge in [0.1, 0.15) is 17.6 Å². The van der Waals surface area contributed by atoms with Crippen LogP contribution in [0.4, 0.5) is 5.82 Å². The van der Waals surface area contributed by atoms with Gasteiger partial charge in [-0.25, -0.2) is 14.8 Å². The van der Waals surface area contributed by atoms with E-state index in [2.05, 4.69) is 13.8 Å². The molecule has 1 aromatic heterocycles. The van der Waals surface area contributed by atoms with Crippen molar-refractivity contribution in [1.82, 2.24) is 9.97 Å². The molecule has 2 unspecified atom stereocenters. The van der Waals surface area contributed by atoms with Crippen LogP contribution < -0.4 is 4.90 Å². The summed E-state index contributed by atoms with van der Waals surface area (Å²) in [4.78, 5) is 22.8. The summed E-state index contributed by atoms with van der Waals surface area (Å²) < 4.78 is 6.13. The second-order valence-corrected chi connectivity index (χ2v) is 7.65. The average Bonchev–Trinajstić information content (AvgIpc) is 3.08. The van der Waals surface area contributed by atoms with Crippen molar-refractivity contribution in [2.24, 2.45) is 5.92 Å². The van der Waals surface area contributed by atoms with Crippen LogP contribution in [0.1, 0.15) is 29.9 Å². The molecule has 1 aliphatic heterocycles. The first kappa shape index (κ1) is 18.5. The molecule has 2 aliphatic rings. The van der Waals surface area contributed by atoms with E-state index in [-0.39, 0.29) is 23.6 Å². The molecule has 1 N–H and O–H groups in total. The predicted octanol–water partition coefficient (Wildman–Crippen LogP) is 4.22. The molecule has 2 atom stereocenters. The maximum atomic E-state index is 11.3. The van der Waals surface area contributed by atoms with Gasteiger partial charge in [-0.3, -0.25) is 0 Å². The zero-order chi connectivity index (χ0) is 20.0. The number of carboxylic acids is 1. The molecule has 4 rings (SSSR count). The lowest BCUT2D eigenvalue weighted by molar-refractivity contribution is 0.0697. The Morgan fingerprint density at radius 2 is 2.04 bits per heavy atom. The molecule has 144 valence electrons. The number of ether oxygens (including phenoxy) is 1. The highest BCUT2D eigenvalue weighted by Gasteiger charge is 2.32. The van der Waals surface area contributed by atoms with Gasteiger partial charge in [0, 0.05) is 24.0 Å². The van der Waals surface area contributed by atoms with Gasteiger partial charge in [0.2, 0.25) is 0 Å². The quantitative estimate of drug-likeness (QED) is 0.832. The van der Waals surface area contributed by atoms with Crippen molar-refractivity contribution in [2.75, 3.05) is 11.9 Å². The number of aromatic carboxylic acids is 1. The molecule has 0 fully saturated rings. The molecular weight excluding hydrogens is 378 g/mol. The number of carbonyl (C=O) groups is 1. The van der Waals surface area contributed by atoms with Gasteiger partial charge in [-0.1, -0.05) is 17.7 Å². The predicted molar refractivity (Wildman–Crippen MR) is 109 cm³/mol. The Morgan fingerprint density at radius 1 is 1.25 bits per heavy atom. The lowest BCUT2D eigenvalue weighted by Crippen LogP contribution is -2.28. The van der Waals surface area contributed by atoms with Crippen molar-refractivity contribution in [3.8, 4) is 0 Å². The Hall–Kier alpha value is -2.86. The number of carboxylic acid groups (broad SMARTS) is 1. The average molecular weight is 398 g/mol. The third-order valence-electron chi connectivity index (χ3n) is 5.02. The third-order valence-corrected chi connectivity index (χ3v) is 5.27. The summed E-state index contributed by atoms with van der Waals surface area (Å²) in [5, 5.41) is 9.92. The van der Waals surface area contributed by atoms with Crippen LogP contribution in [0.2, 0.25) is 0 Å². The summed E-state index contributed by atoms with van der Waals surface area (Å²) in [5.74, 6) is 0.407. The molecule has 6 nitrogen and oxygen atoms in total. The van der Waals surface area contributed by atoms with Gasteiger partial charge >= 0.3 is 5.97 Å². The van der Waals surface area contributed by atoms with Crippen LogP contribution in [0.15, 0.2) is 47.5 Å². The zero-order valence-corrected chi connectivity index (χ0v) is 16.5. The van der Waals surface area contributed by atoms with E-state index in [9.17, 15) is 9.90 Å².